The molecular weight excluding hydrogens is 397 g/mol. The third-order valence-electron chi connectivity index (χ3n) is 5.42. The lowest BCUT2D eigenvalue weighted by Crippen LogP contribution is -2.49. The number of carbonyl (C=O) groups is 2. The van der Waals surface area contributed by atoms with E-state index in [1.807, 2.05) is 18.2 Å². The van der Waals surface area contributed by atoms with Gasteiger partial charge in [-0.05, 0) is 31.0 Å². The van der Waals surface area contributed by atoms with E-state index in [1.54, 1.807) is 11.0 Å². The number of nitrogens with zero attached hydrogens (tertiary/aromatic N) is 2. The van der Waals surface area contributed by atoms with Gasteiger partial charge in [0.1, 0.15) is 6.61 Å². The number of carboxylic acid groups (broad SMARTS) is 1. The van der Waals surface area contributed by atoms with Gasteiger partial charge in [0.05, 0.1) is 12.2 Å². The predicted octanol–water partition coefficient (Wildman–Crippen LogP) is 2.15. The number of amides is 1. The molecule has 158 valence electrons. The molecular formula is C19H26N3O6P. The van der Waals surface area contributed by atoms with E-state index in [2.05, 4.69) is 0 Å². The number of benzene rings is 1. The summed E-state index contributed by atoms with van der Waals surface area (Å²) in [7, 11) is -4.06. The van der Waals surface area contributed by atoms with Crippen LogP contribution in [0.15, 0.2) is 36.3 Å². The summed E-state index contributed by atoms with van der Waals surface area (Å²) in [5, 5.41) is 8.10. The van der Waals surface area contributed by atoms with Crippen molar-refractivity contribution in [3.63, 3.8) is 0 Å². The maximum atomic E-state index is 12.8. The van der Waals surface area contributed by atoms with E-state index in [1.165, 1.54) is 11.1 Å². The Morgan fingerprint density at radius 2 is 2.07 bits per heavy atom. The summed E-state index contributed by atoms with van der Waals surface area (Å²) in [4.78, 5) is 37.8. The molecule has 0 radical (unpaired) electrons. The molecule has 10 heteroatoms. The van der Waals surface area contributed by atoms with E-state index in [-0.39, 0.29) is 13.0 Å². The van der Waals surface area contributed by atoms with Gasteiger partial charge >= 0.3 is 12.1 Å². The number of nitrogens with two attached hydrogens (primary N) is 1. The smallest absolute Gasteiger partial charge is 0.414 e. The van der Waals surface area contributed by atoms with E-state index < -0.39 is 24.6 Å². The first-order valence-electron chi connectivity index (χ1n) is 9.52. The molecule has 0 spiro atoms. The lowest BCUT2D eigenvalue weighted by molar-refractivity contribution is -0.141. The molecule has 0 bridgehead atoms. The summed E-state index contributed by atoms with van der Waals surface area (Å²) < 4.78 is 17.8. The first-order chi connectivity index (χ1) is 13.8. The molecule has 1 saturated heterocycles. The summed E-state index contributed by atoms with van der Waals surface area (Å²) in [5.41, 5.74) is 6.99. The minimum absolute atomic E-state index is 0.0637. The fraction of sp³-hybridized carbons (Fsp3) is 0.474. The first-order valence-corrected chi connectivity index (χ1v) is 11.3. The number of unbranched alkanes of at least 4 members (excludes halogenated alkanes) is 1. The fourth-order valence-corrected chi connectivity index (χ4v) is 5.57. The van der Waals surface area contributed by atoms with E-state index in [0.717, 1.165) is 11.4 Å². The van der Waals surface area contributed by atoms with Gasteiger partial charge in [-0.25, -0.2) is 4.79 Å². The standard InChI is InChI=1S/C19H26N3O6P/c20-8-4-3-7-19(17(23)24)14-21(10-12-29(19,26)27)13-15-5-1-2-6-16(15)22-9-11-28-18(22)25/h1-2,5-6,10,12H,3-4,7-9,11,13-14,20H2,(H,23,24)(H,26,27). The van der Waals surface area contributed by atoms with E-state index in [9.17, 15) is 24.2 Å². The molecule has 2 heterocycles. The van der Waals surface area contributed by atoms with Gasteiger partial charge in [-0.2, -0.15) is 0 Å². The number of ether oxygens (including phenoxy) is 1. The molecule has 1 aromatic rings. The number of anilines is 1. The number of carboxylic acids is 1. The summed E-state index contributed by atoms with van der Waals surface area (Å²) >= 11 is 0. The van der Waals surface area contributed by atoms with Crippen molar-refractivity contribution in [1.29, 1.82) is 0 Å². The van der Waals surface area contributed by atoms with Gasteiger partial charge in [-0.1, -0.05) is 24.6 Å². The normalized spacial score (nSPS) is 26.6. The monoisotopic (exact) mass is 423 g/mol. The van der Waals surface area contributed by atoms with Crippen LogP contribution in [-0.2, 0) is 20.6 Å². The zero-order chi connectivity index (χ0) is 21.1. The average Bonchev–Trinajstić information content (AvgIpc) is 3.10. The Labute approximate surface area is 169 Å². The molecule has 4 N–H and O–H groups in total. The number of aliphatic carboxylic acids is 1. The van der Waals surface area contributed by atoms with Crippen LogP contribution in [0.2, 0.25) is 0 Å². The van der Waals surface area contributed by atoms with Crippen LogP contribution in [0.4, 0.5) is 10.5 Å². The van der Waals surface area contributed by atoms with Gasteiger partial charge in [0.2, 0.25) is 7.37 Å². The van der Waals surface area contributed by atoms with Crippen LogP contribution in [0.1, 0.15) is 24.8 Å². The third kappa shape index (κ3) is 4.17. The largest absolute Gasteiger partial charge is 0.480 e. The van der Waals surface area contributed by atoms with Gasteiger partial charge in [-0.3, -0.25) is 14.3 Å². The van der Waals surface area contributed by atoms with Crippen LogP contribution in [0.5, 0.6) is 0 Å². The predicted molar refractivity (Wildman–Crippen MR) is 108 cm³/mol. The Kier molecular flexibility index (Phi) is 6.31. The second-order valence-electron chi connectivity index (χ2n) is 7.30. The maximum absolute atomic E-state index is 12.8. The Balaban J connectivity index is 1.87. The Morgan fingerprint density at radius 3 is 2.72 bits per heavy atom. The number of hydrogen-bond donors (Lipinski definition) is 3. The van der Waals surface area contributed by atoms with E-state index in [4.69, 9.17) is 10.5 Å². The molecule has 3 rings (SSSR count). The zero-order valence-electron chi connectivity index (χ0n) is 16.1. The van der Waals surface area contributed by atoms with Crippen molar-refractivity contribution < 1.29 is 28.9 Å². The quantitative estimate of drug-likeness (QED) is 0.428. The van der Waals surface area contributed by atoms with Crippen LogP contribution in [-0.4, -0.2) is 58.4 Å². The molecule has 2 aliphatic heterocycles. The number of hydrogen-bond acceptors (Lipinski definition) is 6. The molecule has 1 aromatic carbocycles. The maximum Gasteiger partial charge on any atom is 0.414 e. The highest BCUT2D eigenvalue weighted by molar-refractivity contribution is 7.64. The molecule has 0 aromatic heterocycles. The van der Waals surface area contributed by atoms with Crippen LogP contribution < -0.4 is 10.6 Å². The fourth-order valence-electron chi connectivity index (χ4n) is 3.78. The molecule has 2 aliphatic rings. The lowest BCUT2D eigenvalue weighted by Gasteiger charge is -2.40. The number of cyclic esters (lactones) is 1. The van der Waals surface area contributed by atoms with Crippen LogP contribution in [0.3, 0.4) is 0 Å². The van der Waals surface area contributed by atoms with Crippen LogP contribution >= 0.6 is 7.37 Å². The summed E-state index contributed by atoms with van der Waals surface area (Å²) in [5.74, 6) is -0.175. The molecule has 9 nitrogen and oxygen atoms in total. The SMILES string of the molecule is NCCCCC1(C(=O)O)CN(Cc2ccccc2N2CCOC2=O)C=CP1(=O)O. The van der Waals surface area contributed by atoms with Crippen LogP contribution in [0.25, 0.3) is 0 Å². The van der Waals surface area contributed by atoms with Gasteiger partial charge in [0.25, 0.3) is 0 Å². The molecule has 2 unspecified atom stereocenters. The Hall–Kier alpha value is -2.35. The van der Waals surface area contributed by atoms with Crippen molar-refractivity contribution in [3.05, 3.63) is 41.8 Å². The second-order valence-corrected chi connectivity index (χ2v) is 9.70. The van der Waals surface area contributed by atoms with Crippen molar-refractivity contribution in [2.75, 3.05) is 31.1 Å². The third-order valence-corrected chi connectivity index (χ3v) is 7.74. The minimum Gasteiger partial charge on any atom is -0.480 e. The highest BCUT2D eigenvalue weighted by atomic mass is 31.2. The molecule has 0 aliphatic carbocycles. The molecule has 1 amide bonds. The summed E-state index contributed by atoms with van der Waals surface area (Å²) in [6.45, 7) is 1.34. The topological polar surface area (TPSA) is 133 Å². The highest BCUT2D eigenvalue weighted by Crippen LogP contribution is 2.60. The summed E-state index contributed by atoms with van der Waals surface area (Å²) in [6, 6.07) is 7.29. The van der Waals surface area contributed by atoms with Gasteiger partial charge in [-0.15, -0.1) is 0 Å². The minimum atomic E-state index is -4.06. The van der Waals surface area contributed by atoms with Crippen molar-refractivity contribution in [3.8, 4) is 0 Å². The van der Waals surface area contributed by atoms with E-state index >= 15 is 0 Å². The Bertz CT molecular complexity index is 860. The zero-order valence-corrected chi connectivity index (χ0v) is 17.0. The van der Waals surface area contributed by atoms with Crippen molar-refractivity contribution in [1.82, 2.24) is 4.90 Å². The van der Waals surface area contributed by atoms with Crippen LogP contribution in [0, 0.1) is 0 Å². The van der Waals surface area contributed by atoms with Gasteiger partial charge in [0, 0.05) is 25.1 Å². The number of para-hydroxylation sites is 1. The second kappa shape index (κ2) is 8.57. The van der Waals surface area contributed by atoms with E-state index in [0.29, 0.717) is 44.8 Å². The molecule has 2 atom stereocenters. The molecule has 1 fully saturated rings. The average molecular weight is 423 g/mol. The van der Waals surface area contributed by atoms with Crippen molar-refractivity contribution >= 4 is 25.1 Å². The van der Waals surface area contributed by atoms with Crippen molar-refractivity contribution in [2.24, 2.45) is 5.73 Å². The first kappa shape index (κ1) is 21.4. The lowest BCUT2D eigenvalue weighted by atomic mass is 9.99. The summed E-state index contributed by atoms with van der Waals surface area (Å²) in [6.07, 6.45) is 2.15. The highest BCUT2D eigenvalue weighted by Gasteiger charge is 2.54. The molecule has 29 heavy (non-hydrogen) atoms. The Morgan fingerprint density at radius 1 is 1.31 bits per heavy atom. The van der Waals surface area contributed by atoms with Crippen molar-refractivity contribution in [2.45, 2.75) is 31.0 Å². The number of rotatable bonds is 8. The number of carbonyl (C=O) groups excluding carboxylic acids is 1. The van der Waals surface area contributed by atoms with Gasteiger partial charge < -0.3 is 25.4 Å². The van der Waals surface area contributed by atoms with Gasteiger partial charge in [0.15, 0.2) is 5.16 Å². The molecule has 0 saturated carbocycles.